The van der Waals surface area contributed by atoms with Crippen LogP contribution in [0.2, 0.25) is 0 Å². The number of nitrogens with one attached hydrogen (secondary N) is 1. The van der Waals surface area contributed by atoms with E-state index in [1.165, 1.54) is 11.0 Å². The number of para-hydroxylation sites is 1. The highest BCUT2D eigenvalue weighted by atomic mass is 19.4. The van der Waals surface area contributed by atoms with Gasteiger partial charge in [-0.1, -0.05) is 45.9 Å². The number of benzene rings is 1. The van der Waals surface area contributed by atoms with Crippen LogP contribution < -0.4 is 15.8 Å². The number of hydrogen-bond acceptors (Lipinski definition) is 5. The topological polar surface area (TPSA) is 97.0 Å². The molecule has 0 spiro atoms. The van der Waals surface area contributed by atoms with Gasteiger partial charge in [-0.15, -0.1) is 0 Å². The van der Waals surface area contributed by atoms with E-state index in [9.17, 15) is 22.8 Å². The van der Waals surface area contributed by atoms with Crippen molar-refractivity contribution in [3.05, 3.63) is 29.8 Å². The summed E-state index contributed by atoms with van der Waals surface area (Å²) in [4.78, 5) is 32.2. The summed E-state index contributed by atoms with van der Waals surface area (Å²) in [6.07, 6.45) is -5.27. The molecule has 2 heterocycles. The van der Waals surface area contributed by atoms with Crippen molar-refractivity contribution < 1.29 is 27.5 Å². The minimum absolute atomic E-state index is 0.116. The average Bonchev–Trinajstić information content (AvgIpc) is 3.35. The molecule has 3 aliphatic rings. The SMILES string of the molecule is CCC1(CC)CC(=O)N(CC2C(C(=O)NC3CC(C(F)(F)F)Oc4ccccc43)C2(C)C)C(N)=N1. The molecule has 4 rings (SSSR count). The van der Waals surface area contributed by atoms with Gasteiger partial charge >= 0.3 is 6.18 Å². The van der Waals surface area contributed by atoms with Gasteiger partial charge in [0, 0.05) is 24.4 Å². The molecule has 0 radical (unpaired) electrons. The highest BCUT2D eigenvalue weighted by molar-refractivity contribution is 5.99. The smallest absolute Gasteiger partial charge is 0.425 e. The minimum Gasteiger partial charge on any atom is -0.480 e. The number of hydrogen-bond donors (Lipinski definition) is 2. The van der Waals surface area contributed by atoms with Crippen molar-refractivity contribution in [3.63, 3.8) is 0 Å². The van der Waals surface area contributed by atoms with E-state index >= 15 is 0 Å². The van der Waals surface area contributed by atoms with Gasteiger partial charge in [0.1, 0.15) is 5.75 Å². The lowest BCUT2D eigenvalue weighted by Gasteiger charge is -2.36. The Morgan fingerprint density at radius 2 is 1.91 bits per heavy atom. The van der Waals surface area contributed by atoms with Crippen LogP contribution in [0.3, 0.4) is 0 Å². The molecule has 0 bridgehead atoms. The van der Waals surface area contributed by atoms with Crippen molar-refractivity contribution in [2.75, 3.05) is 6.54 Å². The predicted octanol–water partition coefficient (Wildman–Crippen LogP) is 3.94. The molecule has 192 valence electrons. The third-order valence-corrected chi connectivity index (χ3v) is 8.13. The molecular formula is C25H33F3N4O3. The summed E-state index contributed by atoms with van der Waals surface area (Å²) in [6.45, 7) is 8.04. The van der Waals surface area contributed by atoms with Crippen molar-refractivity contribution in [2.45, 2.75) is 77.2 Å². The van der Waals surface area contributed by atoms with Crippen LogP contribution in [0, 0.1) is 17.3 Å². The van der Waals surface area contributed by atoms with E-state index in [0.717, 1.165) is 0 Å². The first-order chi connectivity index (χ1) is 16.3. The van der Waals surface area contributed by atoms with Gasteiger partial charge in [0.2, 0.25) is 11.8 Å². The quantitative estimate of drug-likeness (QED) is 0.626. The first-order valence-electron chi connectivity index (χ1n) is 12.1. The van der Waals surface area contributed by atoms with Crippen molar-refractivity contribution >= 4 is 17.8 Å². The third-order valence-electron chi connectivity index (χ3n) is 8.13. The molecule has 0 saturated heterocycles. The van der Waals surface area contributed by atoms with Gasteiger partial charge in [0.25, 0.3) is 0 Å². The molecule has 2 amide bonds. The fourth-order valence-corrected chi connectivity index (χ4v) is 5.52. The van der Waals surface area contributed by atoms with Crippen LogP contribution >= 0.6 is 0 Å². The van der Waals surface area contributed by atoms with E-state index in [1.54, 1.807) is 18.2 Å². The molecule has 7 nitrogen and oxygen atoms in total. The van der Waals surface area contributed by atoms with E-state index in [-0.39, 0.29) is 42.4 Å². The Morgan fingerprint density at radius 1 is 1.26 bits per heavy atom. The third kappa shape index (κ3) is 4.59. The van der Waals surface area contributed by atoms with Crippen LogP contribution in [-0.4, -0.2) is 47.0 Å². The number of alkyl halides is 3. The lowest BCUT2D eigenvalue weighted by Crippen LogP contribution is -2.52. The molecule has 2 aliphatic heterocycles. The van der Waals surface area contributed by atoms with Crippen molar-refractivity contribution in [2.24, 2.45) is 28.0 Å². The second-order valence-electron chi connectivity index (χ2n) is 10.5. The molecule has 1 aliphatic carbocycles. The van der Waals surface area contributed by atoms with Gasteiger partial charge in [-0.05, 0) is 30.2 Å². The number of rotatable bonds is 6. The standard InChI is InChI=1S/C25H33F3N4O3/c1-5-24(6-2)12-19(33)32(22(29)31-24)13-15-20(23(15,3)4)21(34)30-16-11-18(25(26,27)28)35-17-10-8-7-9-14(16)17/h7-10,15-16,18,20H,5-6,11-13H2,1-4H3,(H2,29,31)(H,30,34). The zero-order valence-electron chi connectivity index (χ0n) is 20.5. The molecular weight excluding hydrogens is 461 g/mol. The fraction of sp³-hybridized carbons (Fsp3) is 0.640. The van der Waals surface area contributed by atoms with E-state index < -0.39 is 41.6 Å². The molecule has 1 fully saturated rings. The molecule has 1 saturated carbocycles. The Kier molecular flexibility index (Phi) is 6.30. The van der Waals surface area contributed by atoms with Crippen LogP contribution in [0.4, 0.5) is 13.2 Å². The number of carbonyl (C=O) groups is 2. The molecule has 10 heteroatoms. The van der Waals surface area contributed by atoms with Gasteiger partial charge in [-0.2, -0.15) is 13.2 Å². The summed E-state index contributed by atoms with van der Waals surface area (Å²) < 4.78 is 45.5. The number of nitrogens with zero attached hydrogens (tertiary/aromatic N) is 2. The Bertz CT molecular complexity index is 1040. The highest BCUT2D eigenvalue weighted by Crippen LogP contribution is 2.59. The Labute approximate surface area is 203 Å². The maximum absolute atomic E-state index is 13.4. The number of amides is 2. The number of guanidine groups is 1. The maximum Gasteiger partial charge on any atom is 0.425 e. The van der Waals surface area contributed by atoms with Gasteiger partial charge in [0.15, 0.2) is 12.1 Å². The molecule has 3 N–H and O–H groups in total. The summed E-state index contributed by atoms with van der Waals surface area (Å²) in [5.41, 5.74) is 5.77. The van der Waals surface area contributed by atoms with E-state index in [1.807, 2.05) is 27.7 Å². The first-order valence-corrected chi connectivity index (χ1v) is 12.1. The Hall–Kier alpha value is -2.78. The largest absolute Gasteiger partial charge is 0.480 e. The second kappa shape index (κ2) is 8.71. The molecule has 0 aromatic heterocycles. The van der Waals surface area contributed by atoms with Gasteiger partial charge in [0.05, 0.1) is 18.0 Å². The van der Waals surface area contributed by atoms with Gasteiger partial charge in [-0.3, -0.25) is 14.5 Å². The van der Waals surface area contributed by atoms with Crippen LogP contribution in [0.15, 0.2) is 29.3 Å². The number of halogens is 3. The number of fused-ring (bicyclic) bond motifs is 1. The fourth-order valence-electron chi connectivity index (χ4n) is 5.52. The molecule has 4 unspecified atom stereocenters. The maximum atomic E-state index is 13.4. The molecule has 1 aromatic rings. The predicted molar refractivity (Wildman–Crippen MR) is 124 cm³/mol. The normalized spacial score (nSPS) is 29.1. The average molecular weight is 495 g/mol. The Balaban J connectivity index is 1.49. The van der Waals surface area contributed by atoms with Gasteiger partial charge in [-0.25, -0.2) is 4.99 Å². The van der Waals surface area contributed by atoms with E-state index in [2.05, 4.69) is 10.3 Å². The van der Waals surface area contributed by atoms with E-state index in [0.29, 0.717) is 18.4 Å². The monoisotopic (exact) mass is 494 g/mol. The van der Waals surface area contributed by atoms with Crippen LogP contribution in [0.1, 0.15) is 65.0 Å². The number of nitrogens with two attached hydrogens (primary N) is 1. The number of ether oxygens (including phenoxy) is 1. The molecule has 1 aromatic carbocycles. The zero-order chi connectivity index (χ0) is 25.8. The second-order valence-corrected chi connectivity index (χ2v) is 10.5. The van der Waals surface area contributed by atoms with Crippen molar-refractivity contribution in [1.82, 2.24) is 10.2 Å². The highest BCUT2D eigenvalue weighted by Gasteiger charge is 2.63. The number of carbonyl (C=O) groups excluding carboxylic acids is 2. The van der Waals surface area contributed by atoms with Gasteiger partial charge < -0.3 is 15.8 Å². The van der Waals surface area contributed by atoms with Crippen LogP contribution in [-0.2, 0) is 9.59 Å². The summed E-state index contributed by atoms with van der Waals surface area (Å²) in [7, 11) is 0. The lowest BCUT2D eigenvalue weighted by atomic mass is 9.88. The Morgan fingerprint density at radius 3 is 2.51 bits per heavy atom. The molecule has 35 heavy (non-hydrogen) atoms. The summed E-state index contributed by atoms with van der Waals surface area (Å²) in [5, 5.41) is 2.83. The zero-order valence-corrected chi connectivity index (χ0v) is 20.5. The minimum atomic E-state index is -4.55. The first kappa shape index (κ1) is 25.3. The van der Waals surface area contributed by atoms with Crippen molar-refractivity contribution in [3.8, 4) is 5.75 Å². The van der Waals surface area contributed by atoms with Crippen LogP contribution in [0.5, 0.6) is 5.75 Å². The molecule has 4 atom stereocenters. The summed E-state index contributed by atoms with van der Waals surface area (Å²) in [6, 6.07) is 5.63. The van der Waals surface area contributed by atoms with Crippen molar-refractivity contribution in [1.29, 1.82) is 0 Å². The van der Waals surface area contributed by atoms with E-state index in [4.69, 9.17) is 10.5 Å². The van der Waals surface area contributed by atoms with Crippen LogP contribution in [0.25, 0.3) is 0 Å². The summed E-state index contributed by atoms with van der Waals surface area (Å²) >= 11 is 0. The number of aliphatic imine (C=N–C) groups is 1. The summed E-state index contributed by atoms with van der Waals surface area (Å²) in [5.74, 6) is -0.821. The lowest BCUT2D eigenvalue weighted by molar-refractivity contribution is -0.201.